The van der Waals surface area contributed by atoms with Crippen molar-refractivity contribution >= 4 is 33.4 Å². The molecular weight excluding hydrogens is 596 g/mol. The topological polar surface area (TPSA) is 77.2 Å². The molecule has 4 atom stereocenters. The maximum absolute atomic E-state index is 13.3. The van der Waals surface area contributed by atoms with Crippen LogP contribution >= 0.6 is 11.3 Å². The number of aromatic nitrogens is 1. The number of hydrogen-bond acceptors (Lipinski definition) is 4. The highest BCUT2D eigenvalue weighted by Crippen LogP contribution is 2.48. The summed E-state index contributed by atoms with van der Waals surface area (Å²) < 4.78 is 13.3. The van der Waals surface area contributed by atoms with E-state index in [0.717, 1.165) is 37.1 Å². The van der Waals surface area contributed by atoms with Gasteiger partial charge in [0.05, 0.1) is 11.6 Å². The van der Waals surface area contributed by atoms with Crippen LogP contribution in [0.15, 0.2) is 48.5 Å². The fraction of sp³-hybridized carbons (Fsp3) is 0.474. The second kappa shape index (κ2) is 11.9. The van der Waals surface area contributed by atoms with Gasteiger partial charge < -0.3 is 15.6 Å². The van der Waals surface area contributed by atoms with Gasteiger partial charge in [-0.2, -0.15) is 0 Å². The summed E-state index contributed by atoms with van der Waals surface area (Å²) in [6.07, 6.45) is 3.11. The number of nitrogens with zero attached hydrogens (tertiary/aromatic N) is 1. The Kier molecular flexibility index (Phi) is 8.08. The zero-order valence-corrected chi connectivity index (χ0v) is 28.3. The summed E-state index contributed by atoms with van der Waals surface area (Å²) in [4.78, 5) is 34.2. The number of carbonyl (C=O) groups excluding carboxylic acids is 2. The molecule has 6 nitrogen and oxygen atoms in total. The summed E-state index contributed by atoms with van der Waals surface area (Å²) in [5.41, 5.74) is 7.03. The molecule has 0 radical (unpaired) electrons. The van der Waals surface area contributed by atoms with Crippen LogP contribution in [0, 0.1) is 37.4 Å². The molecule has 2 aromatic carbocycles. The highest BCUT2D eigenvalue weighted by molar-refractivity contribution is 7.18. The predicted molar refractivity (Wildman–Crippen MR) is 183 cm³/mol. The fourth-order valence-corrected chi connectivity index (χ4v) is 9.43. The molecule has 2 aliphatic heterocycles. The third-order valence-corrected chi connectivity index (χ3v) is 12.1. The van der Waals surface area contributed by atoms with Crippen molar-refractivity contribution in [3.63, 3.8) is 0 Å². The number of aryl methyl sites for hydroxylation is 2. The van der Waals surface area contributed by atoms with Crippen LogP contribution in [-0.4, -0.2) is 47.4 Å². The van der Waals surface area contributed by atoms with E-state index in [2.05, 4.69) is 79.4 Å². The highest BCUT2D eigenvalue weighted by atomic mass is 32.1. The van der Waals surface area contributed by atoms with Gasteiger partial charge in [0.1, 0.15) is 10.6 Å². The van der Waals surface area contributed by atoms with Gasteiger partial charge in [0.2, 0.25) is 11.8 Å². The molecule has 242 valence electrons. The van der Waals surface area contributed by atoms with Crippen molar-refractivity contribution in [3.05, 3.63) is 81.5 Å². The lowest BCUT2D eigenvalue weighted by atomic mass is 9.77. The molecule has 7 rings (SSSR count). The lowest BCUT2D eigenvalue weighted by Gasteiger charge is -2.38. The molecule has 2 amide bonds. The summed E-state index contributed by atoms with van der Waals surface area (Å²) >= 11 is 1.84. The number of thiophene rings is 1. The number of H-pyrrole nitrogens is 1. The first-order valence-electron chi connectivity index (χ1n) is 16.7. The summed E-state index contributed by atoms with van der Waals surface area (Å²) in [5, 5.41) is 7.73. The van der Waals surface area contributed by atoms with E-state index in [0.29, 0.717) is 31.6 Å². The van der Waals surface area contributed by atoms with Gasteiger partial charge in [-0.05, 0) is 91.5 Å². The number of halogens is 1. The maximum Gasteiger partial charge on any atom is 0.225 e. The number of carbonyl (C=O) groups is 2. The van der Waals surface area contributed by atoms with E-state index in [1.165, 1.54) is 49.5 Å². The molecule has 2 saturated heterocycles. The van der Waals surface area contributed by atoms with Crippen molar-refractivity contribution in [3.8, 4) is 11.3 Å². The Balaban J connectivity index is 1.09. The number of nitrogens with one attached hydrogen (secondary N) is 3. The normalized spacial score (nSPS) is 22.3. The zero-order valence-electron chi connectivity index (χ0n) is 27.5. The first-order valence-corrected chi connectivity index (χ1v) is 17.6. The molecule has 4 aromatic rings. The van der Waals surface area contributed by atoms with Crippen molar-refractivity contribution in [1.29, 1.82) is 0 Å². The zero-order chi connectivity index (χ0) is 32.3. The standard InChI is InChI=1S/C38H45FN4O2S/c1-21-12-22(2)14-25(13-21)34-33(23(3)17-40-35(44)26-19-43(20-26)18-24-6-8-27(39)9-7-24)29-15-32(46-37(29)42-34)38(4,5)16-30-28-10-11-31(30)41-36(28)45/h6-9,12-15,23,26,28,30-31,42H,10-11,16-20H2,1-5H3,(H,40,44)(H,41,45)/t23-,28?,30?,31?/m1/s1. The lowest BCUT2D eigenvalue weighted by molar-refractivity contribution is -0.130. The van der Waals surface area contributed by atoms with Gasteiger partial charge in [-0.25, -0.2) is 4.39 Å². The fourth-order valence-electron chi connectivity index (χ4n) is 8.24. The third kappa shape index (κ3) is 5.90. The van der Waals surface area contributed by atoms with Crippen molar-refractivity contribution in [2.24, 2.45) is 17.8 Å². The van der Waals surface area contributed by atoms with E-state index in [1.807, 2.05) is 23.5 Å². The molecule has 0 spiro atoms. The molecule has 3 fully saturated rings. The number of aromatic amines is 1. The second-order valence-electron chi connectivity index (χ2n) is 14.9. The monoisotopic (exact) mass is 640 g/mol. The number of amides is 2. The quantitative estimate of drug-likeness (QED) is 0.172. The van der Waals surface area contributed by atoms with Crippen LogP contribution < -0.4 is 10.6 Å². The van der Waals surface area contributed by atoms with E-state index in [1.54, 1.807) is 0 Å². The predicted octanol–water partition coefficient (Wildman–Crippen LogP) is 7.20. The molecular formula is C38H45FN4O2S. The van der Waals surface area contributed by atoms with Gasteiger partial charge in [-0.3, -0.25) is 14.5 Å². The molecule has 4 heterocycles. The Morgan fingerprint density at radius 3 is 2.46 bits per heavy atom. The van der Waals surface area contributed by atoms with E-state index in [9.17, 15) is 14.0 Å². The summed E-state index contributed by atoms with van der Waals surface area (Å²) in [7, 11) is 0. The Hall–Kier alpha value is -3.49. The first-order chi connectivity index (χ1) is 21.9. The van der Waals surface area contributed by atoms with Crippen molar-refractivity contribution in [2.45, 2.75) is 77.8 Å². The Bertz CT molecular complexity index is 1760. The van der Waals surface area contributed by atoms with Crippen LogP contribution in [0.3, 0.4) is 0 Å². The Morgan fingerprint density at radius 1 is 1.09 bits per heavy atom. The third-order valence-electron chi connectivity index (χ3n) is 10.7. The number of benzene rings is 2. The largest absolute Gasteiger partial charge is 0.355 e. The van der Waals surface area contributed by atoms with Gasteiger partial charge >= 0.3 is 0 Å². The lowest BCUT2D eigenvalue weighted by Crippen LogP contribution is -2.53. The SMILES string of the molecule is Cc1cc(C)cc(-c2[nH]c3sc(C(C)(C)CC4C5CCC4C(=O)N5)cc3c2[C@H](C)CNC(=O)C2CN(Cc3ccc(F)cc3)C2)c1. The number of hydrogen-bond donors (Lipinski definition) is 3. The van der Waals surface area contributed by atoms with Crippen LogP contribution in [0.2, 0.25) is 0 Å². The van der Waals surface area contributed by atoms with Crippen molar-refractivity contribution in [1.82, 2.24) is 20.5 Å². The molecule has 2 aromatic heterocycles. The molecule has 1 aliphatic carbocycles. The van der Waals surface area contributed by atoms with Gasteiger partial charge in [-0.1, -0.05) is 50.1 Å². The van der Waals surface area contributed by atoms with E-state index in [4.69, 9.17) is 0 Å². The molecule has 3 unspecified atom stereocenters. The molecule has 3 N–H and O–H groups in total. The number of rotatable bonds is 10. The van der Waals surface area contributed by atoms with Gasteiger partial charge in [0, 0.05) is 54.3 Å². The molecule has 1 saturated carbocycles. The average molecular weight is 641 g/mol. The van der Waals surface area contributed by atoms with Crippen LogP contribution in [0.1, 0.15) is 73.1 Å². The van der Waals surface area contributed by atoms with E-state index >= 15 is 0 Å². The second-order valence-corrected chi connectivity index (χ2v) is 15.9. The summed E-state index contributed by atoms with van der Waals surface area (Å²) in [6.45, 7) is 13.9. The number of likely N-dealkylation sites (tertiary alicyclic amines) is 1. The Labute approximate surface area is 275 Å². The smallest absolute Gasteiger partial charge is 0.225 e. The van der Waals surface area contributed by atoms with Crippen LogP contribution in [0.25, 0.3) is 21.5 Å². The van der Waals surface area contributed by atoms with Gasteiger partial charge in [-0.15, -0.1) is 11.3 Å². The molecule has 8 heteroatoms. The minimum Gasteiger partial charge on any atom is -0.355 e. The van der Waals surface area contributed by atoms with Gasteiger partial charge in [0.25, 0.3) is 0 Å². The van der Waals surface area contributed by atoms with Crippen molar-refractivity contribution in [2.75, 3.05) is 19.6 Å². The summed E-state index contributed by atoms with van der Waals surface area (Å²) in [5.74, 6) is 0.751. The Morgan fingerprint density at radius 2 is 1.80 bits per heavy atom. The molecule has 2 bridgehead atoms. The van der Waals surface area contributed by atoms with Gasteiger partial charge in [0.15, 0.2) is 0 Å². The van der Waals surface area contributed by atoms with E-state index in [-0.39, 0.29) is 40.8 Å². The molecule has 3 aliphatic rings. The average Bonchev–Trinajstić information content (AvgIpc) is 3.73. The highest BCUT2D eigenvalue weighted by Gasteiger charge is 2.49. The number of fused-ring (bicyclic) bond motifs is 3. The van der Waals surface area contributed by atoms with Crippen LogP contribution in [-0.2, 0) is 21.5 Å². The number of piperidine rings is 1. The minimum atomic E-state index is -0.229. The van der Waals surface area contributed by atoms with Crippen LogP contribution in [0.4, 0.5) is 4.39 Å². The minimum absolute atomic E-state index is 0.0291. The van der Waals surface area contributed by atoms with Crippen LogP contribution in [0.5, 0.6) is 0 Å². The van der Waals surface area contributed by atoms with Crippen molar-refractivity contribution < 1.29 is 14.0 Å². The molecule has 46 heavy (non-hydrogen) atoms. The maximum atomic E-state index is 13.3. The first kappa shape index (κ1) is 31.1. The summed E-state index contributed by atoms with van der Waals surface area (Å²) in [6, 6.07) is 16.0. The van der Waals surface area contributed by atoms with E-state index < -0.39 is 0 Å².